The molecule has 0 saturated carbocycles. The molecule has 0 saturated heterocycles. The molecule has 0 unspecified atom stereocenters. The van der Waals surface area contributed by atoms with Gasteiger partial charge in [-0.2, -0.15) is 0 Å². The van der Waals surface area contributed by atoms with E-state index in [1.54, 1.807) is 0 Å². The lowest BCUT2D eigenvalue weighted by molar-refractivity contribution is -0.141. The van der Waals surface area contributed by atoms with Gasteiger partial charge in [-0.3, -0.25) is 9.59 Å². The zero-order chi connectivity index (χ0) is 13.0. The number of esters is 1. The summed E-state index contributed by atoms with van der Waals surface area (Å²) in [5, 5.41) is 0. The maximum Gasteiger partial charge on any atom is 0.325 e. The molecule has 6 heteroatoms. The molecule has 17 heavy (non-hydrogen) atoms. The quantitative estimate of drug-likeness (QED) is 0.754. The van der Waals surface area contributed by atoms with Crippen LogP contribution in [0.3, 0.4) is 0 Å². The smallest absolute Gasteiger partial charge is 0.325 e. The summed E-state index contributed by atoms with van der Waals surface area (Å²) in [4.78, 5) is 27.5. The van der Waals surface area contributed by atoms with Crippen LogP contribution in [0, 0.1) is 0 Å². The van der Waals surface area contributed by atoms with Crippen LogP contribution in [0.1, 0.15) is 24.3 Å². The molecule has 0 aliphatic heterocycles. The predicted molar refractivity (Wildman–Crippen MR) is 63.4 cm³/mol. The van der Waals surface area contributed by atoms with Gasteiger partial charge in [0, 0.05) is 17.9 Å². The molecule has 1 rings (SSSR count). The lowest BCUT2D eigenvalue weighted by Gasteiger charge is -2.24. The summed E-state index contributed by atoms with van der Waals surface area (Å²) in [7, 11) is 1.29. The number of aromatic amines is 1. The van der Waals surface area contributed by atoms with Gasteiger partial charge >= 0.3 is 5.97 Å². The predicted octanol–water partition coefficient (Wildman–Crippen LogP) is 0.620. The van der Waals surface area contributed by atoms with E-state index in [1.165, 1.54) is 24.3 Å². The number of nitrogens with one attached hydrogen (secondary N) is 1. The number of nitrogens with zero attached hydrogens (tertiary/aromatic N) is 1. The van der Waals surface area contributed by atoms with Crippen molar-refractivity contribution < 1.29 is 14.3 Å². The molecule has 0 aliphatic carbocycles. The summed E-state index contributed by atoms with van der Waals surface area (Å²) in [6.45, 7) is 3.58. The number of hydrogen-bond acceptors (Lipinski definition) is 4. The molecule has 6 nitrogen and oxygen atoms in total. The number of H-pyrrole nitrogens is 1. The highest BCUT2D eigenvalue weighted by Crippen LogP contribution is 2.10. The summed E-state index contributed by atoms with van der Waals surface area (Å²) in [6.07, 6.45) is 1.53. The van der Waals surface area contributed by atoms with Crippen molar-refractivity contribution in [2.45, 2.75) is 19.9 Å². The molecule has 3 N–H and O–H groups in total. The average Bonchev–Trinajstić information content (AvgIpc) is 2.71. The number of methoxy groups -OCH3 is 1. The molecule has 0 aliphatic rings. The van der Waals surface area contributed by atoms with Crippen LogP contribution in [-0.4, -0.2) is 41.5 Å². The third kappa shape index (κ3) is 3.24. The SMILES string of the molecule is COC(=O)CN(C(=O)c1cc(N)c[nH]1)C(C)C. The van der Waals surface area contributed by atoms with Crippen molar-refractivity contribution in [1.29, 1.82) is 0 Å². The average molecular weight is 239 g/mol. The fourth-order valence-electron chi connectivity index (χ4n) is 1.38. The Kier molecular flexibility index (Phi) is 4.14. The Bertz CT molecular complexity index is 412. The zero-order valence-corrected chi connectivity index (χ0v) is 10.2. The third-order valence-corrected chi connectivity index (χ3v) is 2.35. The zero-order valence-electron chi connectivity index (χ0n) is 10.2. The van der Waals surface area contributed by atoms with Crippen LogP contribution in [0.5, 0.6) is 0 Å². The van der Waals surface area contributed by atoms with Crippen molar-refractivity contribution >= 4 is 17.6 Å². The van der Waals surface area contributed by atoms with Gasteiger partial charge in [0.25, 0.3) is 5.91 Å². The number of anilines is 1. The largest absolute Gasteiger partial charge is 0.468 e. The van der Waals surface area contributed by atoms with E-state index in [-0.39, 0.29) is 18.5 Å². The van der Waals surface area contributed by atoms with Crippen LogP contribution in [0.2, 0.25) is 0 Å². The minimum Gasteiger partial charge on any atom is -0.468 e. The molecule has 0 spiro atoms. The Balaban J connectivity index is 2.84. The second-order valence-electron chi connectivity index (χ2n) is 3.95. The van der Waals surface area contributed by atoms with E-state index in [0.29, 0.717) is 11.4 Å². The van der Waals surface area contributed by atoms with Crippen LogP contribution in [0.15, 0.2) is 12.3 Å². The van der Waals surface area contributed by atoms with Crippen LogP contribution in [-0.2, 0) is 9.53 Å². The van der Waals surface area contributed by atoms with E-state index in [2.05, 4.69) is 9.72 Å². The number of carbonyl (C=O) groups is 2. The number of aromatic nitrogens is 1. The number of nitrogen functional groups attached to an aromatic ring is 1. The van der Waals surface area contributed by atoms with Crippen molar-refractivity contribution in [3.63, 3.8) is 0 Å². The molecule has 1 aromatic heterocycles. The molecule has 1 amide bonds. The normalized spacial score (nSPS) is 10.4. The second kappa shape index (κ2) is 5.38. The third-order valence-electron chi connectivity index (χ3n) is 2.35. The summed E-state index contributed by atoms with van der Waals surface area (Å²) in [5.41, 5.74) is 6.37. The van der Waals surface area contributed by atoms with Gasteiger partial charge in [-0.05, 0) is 19.9 Å². The van der Waals surface area contributed by atoms with Gasteiger partial charge in [-0.1, -0.05) is 0 Å². The Morgan fingerprint density at radius 3 is 2.59 bits per heavy atom. The number of ether oxygens (including phenoxy) is 1. The molecule has 94 valence electrons. The van der Waals surface area contributed by atoms with Crippen molar-refractivity contribution in [2.24, 2.45) is 0 Å². The Morgan fingerprint density at radius 2 is 2.18 bits per heavy atom. The Morgan fingerprint density at radius 1 is 1.53 bits per heavy atom. The summed E-state index contributed by atoms with van der Waals surface area (Å²) < 4.78 is 4.55. The molecule has 0 fully saturated rings. The van der Waals surface area contributed by atoms with E-state index in [9.17, 15) is 9.59 Å². The Hall–Kier alpha value is -1.98. The van der Waals surface area contributed by atoms with Gasteiger partial charge < -0.3 is 20.4 Å². The standard InChI is InChI=1S/C11H17N3O3/c1-7(2)14(6-10(15)17-3)11(16)9-4-8(12)5-13-9/h4-5,7,13H,6,12H2,1-3H3. The second-order valence-corrected chi connectivity index (χ2v) is 3.95. The highest BCUT2D eigenvalue weighted by atomic mass is 16.5. The minimum absolute atomic E-state index is 0.0775. The minimum atomic E-state index is -0.452. The molecule has 1 heterocycles. The first-order valence-electron chi connectivity index (χ1n) is 5.27. The molecule has 0 bridgehead atoms. The number of rotatable bonds is 4. The summed E-state index contributed by atoms with van der Waals surface area (Å²) >= 11 is 0. The van der Waals surface area contributed by atoms with Crippen LogP contribution in [0.4, 0.5) is 5.69 Å². The van der Waals surface area contributed by atoms with E-state index < -0.39 is 5.97 Å². The first-order valence-corrected chi connectivity index (χ1v) is 5.27. The van der Waals surface area contributed by atoms with Gasteiger partial charge in [-0.25, -0.2) is 0 Å². The number of hydrogen-bond donors (Lipinski definition) is 2. The summed E-state index contributed by atoms with van der Waals surface area (Å²) in [6, 6.07) is 1.43. The first kappa shape index (κ1) is 13.1. The topological polar surface area (TPSA) is 88.4 Å². The molecule has 0 aromatic carbocycles. The Labute approximate surface area is 99.7 Å². The van der Waals surface area contributed by atoms with Crippen LogP contribution in [0.25, 0.3) is 0 Å². The van der Waals surface area contributed by atoms with Gasteiger partial charge in [0.15, 0.2) is 0 Å². The first-order chi connectivity index (χ1) is 7.95. The van der Waals surface area contributed by atoms with Gasteiger partial charge in [0.05, 0.1) is 7.11 Å². The maximum atomic E-state index is 12.1. The monoisotopic (exact) mass is 239 g/mol. The van der Waals surface area contributed by atoms with Gasteiger partial charge in [0.1, 0.15) is 12.2 Å². The highest BCUT2D eigenvalue weighted by Gasteiger charge is 2.22. The molecule has 0 radical (unpaired) electrons. The van der Waals surface area contributed by atoms with Gasteiger partial charge in [0.2, 0.25) is 0 Å². The number of carbonyl (C=O) groups excluding carboxylic acids is 2. The van der Waals surface area contributed by atoms with E-state index >= 15 is 0 Å². The van der Waals surface area contributed by atoms with E-state index in [4.69, 9.17) is 5.73 Å². The lowest BCUT2D eigenvalue weighted by Crippen LogP contribution is -2.41. The number of amides is 1. The van der Waals surface area contributed by atoms with Crippen molar-refractivity contribution in [1.82, 2.24) is 9.88 Å². The van der Waals surface area contributed by atoms with E-state index in [1.807, 2.05) is 13.8 Å². The lowest BCUT2D eigenvalue weighted by atomic mass is 10.2. The molecule has 0 atom stereocenters. The van der Waals surface area contributed by atoms with Crippen LogP contribution < -0.4 is 5.73 Å². The van der Waals surface area contributed by atoms with Crippen molar-refractivity contribution in [3.8, 4) is 0 Å². The fraction of sp³-hybridized carbons (Fsp3) is 0.455. The fourth-order valence-corrected chi connectivity index (χ4v) is 1.38. The van der Waals surface area contributed by atoms with Gasteiger partial charge in [-0.15, -0.1) is 0 Å². The summed E-state index contributed by atoms with van der Waals surface area (Å²) in [5.74, 6) is -0.728. The van der Waals surface area contributed by atoms with Crippen molar-refractivity contribution in [3.05, 3.63) is 18.0 Å². The van der Waals surface area contributed by atoms with Crippen molar-refractivity contribution in [2.75, 3.05) is 19.4 Å². The number of nitrogens with two attached hydrogens (primary N) is 1. The van der Waals surface area contributed by atoms with Crippen LogP contribution >= 0.6 is 0 Å². The maximum absolute atomic E-state index is 12.1. The van der Waals surface area contributed by atoms with E-state index in [0.717, 1.165) is 0 Å². The molecular weight excluding hydrogens is 222 g/mol. The molecular formula is C11H17N3O3. The molecule has 1 aromatic rings. The highest BCUT2D eigenvalue weighted by molar-refractivity contribution is 5.95.